The van der Waals surface area contributed by atoms with E-state index in [-0.39, 0.29) is 5.82 Å². The summed E-state index contributed by atoms with van der Waals surface area (Å²) in [5.41, 5.74) is 3.39. The van der Waals surface area contributed by atoms with Crippen LogP contribution < -0.4 is 0 Å². The minimum absolute atomic E-state index is 0.128. The van der Waals surface area contributed by atoms with E-state index in [4.69, 9.17) is 0 Å². The molecule has 1 unspecified atom stereocenters. The highest BCUT2D eigenvalue weighted by molar-refractivity contribution is 9.09. The number of rotatable bonds is 7. The van der Waals surface area contributed by atoms with E-state index < -0.39 is 0 Å². The van der Waals surface area contributed by atoms with E-state index in [9.17, 15) is 4.39 Å². The van der Waals surface area contributed by atoms with Crippen LogP contribution in [0.2, 0.25) is 0 Å². The molecule has 0 saturated heterocycles. The first kappa shape index (κ1) is 15.7. The molecule has 0 nitrogen and oxygen atoms in total. The lowest BCUT2D eigenvalue weighted by atomic mass is 9.96. The van der Waals surface area contributed by atoms with Gasteiger partial charge in [0.2, 0.25) is 0 Å². The van der Waals surface area contributed by atoms with Crippen LogP contribution in [0.1, 0.15) is 67.0 Å². The van der Waals surface area contributed by atoms with E-state index >= 15 is 0 Å². The SMILES string of the molecule is CCCCCCCC(Br)c1c(C)cc(F)cc1C. The molecular weight excluding hydrogens is 291 g/mol. The van der Waals surface area contributed by atoms with Gasteiger partial charge < -0.3 is 0 Å². The summed E-state index contributed by atoms with van der Waals surface area (Å²) in [5.74, 6) is -0.128. The fourth-order valence-electron chi connectivity index (χ4n) is 2.49. The molecule has 0 radical (unpaired) electrons. The molecule has 18 heavy (non-hydrogen) atoms. The molecule has 0 amide bonds. The number of unbranched alkanes of at least 4 members (excludes halogenated alkanes) is 4. The molecule has 1 aromatic rings. The van der Waals surface area contributed by atoms with E-state index in [2.05, 4.69) is 22.9 Å². The van der Waals surface area contributed by atoms with Crippen molar-refractivity contribution >= 4 is 15.9 Å². The van der Waals surface area contributed by atoms with Gasteiger partial charge >= 0.3 is 0 Å². The second-order valence-corrected chi connectivity index (χ2v) is 6.23. The van der Waals surface area contributed by atoms with E-state index in [1.165, 1.54) is 37.7 Å². The Balaban J connectivity index is 2.53. The predicted octanol–water partition coefficient (Wildman–Crippen LogP) is 6.24. The molecule has 0 fully saturated rings. The molecule has 102 valence electrons. The van der Waals surface area contributed by atoms with E-state index in [0.29, 0.717) is 4.83 Å². The van der Waals surface area contributed by atoms with Gasteiger partial charge in [-0.1, -0.05) is 55.0 Å². The van der Waals surface area contributed by atoms with Gasteiger partial charge in [0.05, 0.1) is 0 Å². The monoisotopic (exact) mass is 314 g/mol. The summed E-state index contributed by atoms with van der Waals surface area (Å²) >= 11 is 3.76. The maximum atomic E-state index is 13.2. The number of alkyl halides is 1. The topological polar surface area (TPSA) is 0 Å². The maximum Gasteiger partial charge on any atom is 0.123 e. The third kappa shape index (κ3) is 4.72. The molecule has 2 heteroatoms. The van der Waals surface area contributed by atoms with Gasteiger partial charge in [-0.15, -0.1) is 0 Å². The third-order valence-electron chi connectivity index (χ3n) is 3.43. The summed E-state index contributed by atoms with van der Waals surface area (Å²) in [6.07, 6.45) is 7.63. The zero-order chi connectivity index (χ0) is 13.5. The van der Waals surface area contributed by atoms with Crippen molar-refractivity contribution in [1.82, 2.24) is 0 Å². The van der Waals surface area contributed by atoms with Crippen molar-refractivity contribution < 1.29 is 4.39 Å². The molecule has 0 aliphatic heterocycles. The Morgan fingerprint density at radius 1 is 1.06 bits per heavy atom. The van der Waals surface area contributed by atoms with Crippen molar-refractivity contribution in [3.05, 3.63) is 34.6 Å². The van der Waals surface area contributed by atoms with Crippen LogP contribution in [0.5, 0.6) is 0 Å². The number of halogens is 2. The van der Waals surface area contributed by atoms with Crippen LogP contribution in [0, 0.1) is 19.7 Å². The Hall–Kier alpha value is -0.370. The molecule has 0 heterocycles. The van der Waals surface area contributed by atoms with Crippen molar-refractivity contribution in [2.45, 2.75) is 64.1 Å². The Kier molecular flexibility index (Phi) is 6.91. The van der Waals surface area contributed by atoms with Crippen LogP contribution >= 0.6 is 15.9 Å². The van der Waals surface area contributed by atoms with Gasteiger partial charge in [0.1, 0.15) is 5.82 Å². The Morgan fingerprint density at radius 2 is 1.61 bits per heavy atom. The lowest BCUT2D eigenvalue weighted by Gasteiger charge is -2.16. The fraction of sp³-hybridized carbons (Fsp3) is 0.625. The van der Waals surface area contributed by atoms with E-state index in [1.807, 2.05) is 13.8 Å². The molecule has 0 aliphatic carbocycles. The largest absolute Gasteiger partial charge is 0.207 e. The van der Waals surface area contributed by atoms with Crippen LogP contribution in [0.4, 0.5) is 4.39 Å². The summed E-state index contributed by atoms with van der Waals surface area (Å²) in [7, 11) is 0. The minimum atomic E-state index is -0.128. The quantitative estimate of drug-likeness (QED) is 0.413. The lowest BCUT2D eigenvalue weighted by Crippen LogP contribution is -1.99. The molecule has 1 rings (SSSR count). The van der Waals surface area contributed by atoms with Crippen molar-refractivity contribution in [3.8, 4) is 0 Å². The van der Waals surface area contributed by atoms with Crippen molar-refractivity contribution in [1.29, 1.82) is 0 Å². The summed E-state index contributed by atoms with van der Waals surface area (Å²) in [5, 5.41) is 0. The maximum absolute atomic E-state index is 13.2. The van der Waals surface area contributed by atoms with Crippen LogP contribution in [0.25, 0.3) is 0 Å². The Labute approximate surface area is 119 Å². The Bertz CT molecular complexity index is 350. The van der Waals surface area contributed by atoms with Crippen molar-refractivity contribution in [2.75, 3.05) is 0 Å². The molecule has 0 saturated carbocycles. The van der Waals surface area contributed by atoms with Gasteiger partial charge in [-0.3, -0.25) is 0 Å². The summed E-state index contributed by atoms with van der Waals surface area (Å²) in [6, 6.07) is 3.27. The normalized spacial score (nSPS) is 12.7. The Morgan fingerprint density at radius 3 is 2.17 bits per heavy atom. The van der Waals surface area contributed by atoms with Crippen LogP contribution in [-0.4, -0.2) is 0 Å². The van der Waals surface area contributed by atoms with Crippen LogP contribution in [-0.2, 0) is 0 Å². The van der Waals surface area contributed by atoms with Gasteiger partial charge in [-0.2, -0.15) is 0 Å². The zero-order valence-electron chi connectivity index (χ0n) is 11.7. The average Bonchev–Trinajstić information content (AvgIpc) is 2.27. The first-order chi connectivity index (χ1) is 8.56. The van der Waals surface area contributed by atoms with E-state index in [0.717, 1.165) is 17.5 Å². The highest BCUT2D eigenvalue weighted by Crippen LogP contribution is 2.33. The highest BCUT2D eigenvalue weighted by atomic mass is 79.9. The highest BCUT2D eigenvalue weighted by Gasteiger charge is 2.13. The summed E-state index contributed by atoms with van der Waals surface area (Å²) in [4.78, 5) is 0.361. The third-order valence-corrected chi connectivity index (χ3v) is 4.35. The molecule has 0 aliphatic rings. The predicted molar refractivity (Wildman–Crippen MR) is 80.9 cm³/mol. The summed E-state index contributed by atoms with van der Waals surface area (Å²) in [6.45, 7) is 6.23. The van der Waals surface area contributed by atoms with Crippen molar-refractivity contribution in [3.63, 3.8) is 0 Å². The van der Waals surface area contributed by atoms with Crippen molar-refractivity contribution in [2.24, 2.45) is 0 Å². The first-order valence-electron chi connectivity index (χ1n) is 6.97. The lowest BCUT2D eigenvalue weighted by molar-refractivity contribution is 0.602. The zero-order valence-corrected chi connectivity index (χ0v) is 13.3. The van der Waals surface area contributed by atoms with Gasteiger partial charge in [0.25, 0.3) is 0 Å². The van der Waals surface area contributed by atoms with Crippen LogP contribution in [0.15, 0.2) is 12.1 Å². The molecule has 0 spiro atoms. The van der Waals surface area contributed by atoms with Gasteiger partial charge in [-0.25, -0.2) is 4.39 Å². The molecule has 1 atom stereocenters. The second-order valence-electron chi connectivity index (χ2n) is 5.12. The minimum Gasteiger partial charge on any atom is -0.207 e. The molecular formula is C16H24BrF. The smallest absolute Gasteiger partial charge is 0.123 e. The molecule has 0 aromatic heterocycles. The van der Waals surface area contributed by atoms with Gasteiger partial charge in [-0.05, 0) is 49.1 Å². The van der Waals surface area contributed by atoms with Gasteiger partial charge in [0.15, 0.2) is 0 Å². The summed E-state index contributed by atoms with van der Waals surface area (Å²) < 4.78 is 13.2. The van der Waals surface area contributed by atoms with Crippen LogP contribution in [0.3, 0.4) is 0 Å². The number of hydrogen-bond acceptors (Lipinski definition) is 0. The fourth-order valence-corrected chi connectivity index (χ4v) is 3.53. The molecule has 0 N–H and O–H groups in total. The van der Waals surface area contributed by atoms with E-state index in [1.54, 1.807) is 12.1 Å². The van der Waals surface area contributed by atoms with Gasteiger partial charge in [0, 0.05) is 4.83 Å². The standard InChI is InChI=1S/C16H24BrF/c1-4-5-6-7-8-9-15(17)16-12(2)10-14(18)11-13(16)3/h10-11,15H,4-9H2,1-3H3. The molecule has 0 bridgehead atoms. The number of aryl methyl sites for hydroxylation is 2. The number of hydrogen-bond donors (Lipinski definition) is 0. The number of benzene rings is 1. The average molecular weight is 315 g/mol. The molecule has 1 aromatic carbocycles. The first-order valence-corrected chi connectivity index (χ1v) is 7.88. The second kappa shape index (κ2) is 7.93.